The van der Waals surface area contributed by atoms with Gasteiger partial charge in [0.2, 0.25) is 0 Å². The molecule has 0 saturated carbocycles. The maximum absolute atomic E-state index is 10.4. The second-order valence-electron chi connectivity index (χ2n) is 3.55. The molecular formula is C13H12O2S. The average molecular weight is 232 g/mol. The quantitative estimate of drug-likeness (QED) is 0.595. The molecule has 0 N–H and O–H groups in total. The summed E-state index contributed by atoms with van der Waals surface area (Å²) in [7, 11) is 0. The van der Waals surface area contributed by atoms with Gasteiger partial charge in [-0.3, -0.25) is 4.79 Å². The van der Waals surface area contributed by atoms with Gasteiger partial charge in [-0.15, -0.1) is 0 Å². The van der Waals surface area contributed by atoms with Gasteiger partial charge in [0.05, 0.1) is 0 Å². The van der Waals surface area contributed by atoms with E-state index in [-0.39, 0.29) is 0 Å². The molecule has 0 aliphatic heterocycles. The van der Waals surface area contributed by atoms with Gasteiger partial charge in [-0.2, -0.15) is 0 Å². The third-order valence-electron chi connectivity index (χ3n) is 2.18. The van der Waals surface area contributed by atoms with E-state index in [4.69, 9.17) is 4.42 Å². The van der Waals surface area contributed by atoms with E-state index in [0.29, 0.717) is 5.76 Å². The van der Waals surface area contributed by atoms with Crippen molar-refractivity contribution in [1.82, 2.24) is 0 Å². The van der Waals surface area contributed by atoms with Crippen LogP contribution in [0.1, 0.15) is 21.7 Å². The summed E-state index contributed by atoms with van der Waals surface area (Å²) in [5.41, 5.74) is 2.51. The normalized spacial score (nSPS) is 10.3. The molecule has 0 atom stereocenters. The lowest BCUT2D eigenvalue weighted by molar-refractivity contribution is 0.109. The summed E-state index contributed by atoms with van der Waals surface area (Å²) in [5, 5.41) is 0.781. The zero-order valence-electron chi connectivity index (χ0n) is 8.97. The number of aldehydes is 1. The summed E-state index contributed by atoms with van der Waals surface area (Å²) >= 11 is 1.59. The molecule has 0 amide bonds. The van der Waals surface area contributed by atoms with Gasteiger partial charge in [0.15, 0.2) is 17.1 Å². The highest BCUT2D eigenvalue weighted by molar-refractivity contribution is 7.98. The largest absolute Gasteiger partial charge is 0.447 e. The minimum absolute atomic E-state index is 0.381. The van der Waals surface area contributed by atoms with Crippen LogP contribution in [0.4, 0.5) is 0 Å². The summed E-state index contributed by atoms with van der Waals surface area (Å²) in [5.74, 6) is 1.24. The summed E-state index contributed by atoms with van der Waals surface area (Å²) in [6, 6.07) is 11.9. The number of carbonyl (C=O) groups excluding carboxylic acids is 1. The molecule has 1 heterocycles. The molecule has 3 heteroatoms. The first kappa shape index (κ1) is 11.0. The first-order valence-electron chi connectivity index (χ1n) is 5.01. The van der Waals surface area contributed by atoms with Crippen molar-refractivity contribution in [2.45, 2.75) is 17.8 Å². The van der Waals surface area contributed by atoms with Gasteiger partial charge in [0, 0.05) is 5.75 Å². The molecule has 0 spiro atoms. The fraction of sp³-hybridized carbons (Fsp3) is 0.154. The number of hydrogen-bond donors (Lipinski definition) is 0. The zero-order chi connectivity index (χ0) is 11.4. The van der Waals surface area contributed by atoms with Crippen LogP contribution in [-0.4, -0.2) is 6.29 Å². The van der Waals surface area contributed by atoms with Crippen LogP contribution in [0.25, 0.3) is 0 Å². The van der Waals surface area contributed by atoms with Gasteiger partial charge in [-0.1, -0.05) is 41.6 Å². The Morgan fingerprint density at radius 2 is 2.19 bits per heavy atom. The van der Waals surface area contributed by atoms with Crippen molar-refractivity contribution >= 4 is 18.0 Å². The van der Waals surface area contributed by atoms with E-state index >= 15 is 0 Å². The van der Waals surface area contributed by atoms with Gasteiger partial charge < -0.3 is 4.42 Å². The van der Waals surface area contributed by atoms with E-state index < -0.39 is 0 Å². The monoisotopic (exact) mass is 232 g/mol. The molecule has 2 rings (SSSR count). The predicted octanol–water partition coefficient (Wildman–Crippen LogP) is 3.69. The number of hydrogen-bond acceptors (Lipinski definition) is 3. The van der Waals surface area contributed by atoms with Crippen LogP contribution in [0.3, 0.4) is 0 Å². The van der Waals surface area contributed by atoms with Crippen LogP contribution >= 0.6 is 11.8 Å². The zero-order valence-corrected chi connectivity index (χ0v) is 9.79. The summed E-state index contributed by atoms with van der Waals surface area (Å²) < 4.78 is 5.28. The van der Waals surface area contributed by atoms with Crippen LogP contribution in [0.15, 0.2) is 45.9 Å². The number of aryl methyl sites for hydroxylation is 1. The van der Waals surface area contributed by atoms with E-state index in [1.165, 1.54) is 11.1 Å². The molecular weight excluding hydrogens is 220 g/mol. The Bertz CT molecular complexity index is 488. The van der Waals surface area contributed by atoms with Gasteiger partial charge >= 0.3 is 0 Å². The first-order chi connectivity index (χ1) is 7.78. The molecule has 0 bridgehead atoms. The lowest BCUT2D eigenvalue weighted by Gasteiger charge is -2.00. The minimum atomic E-state index is 0.381. The Morgan fingerprint density at radius 1 is 1.31 bits per heavy atom. The molecule has 0 radical (unpaired) electrons. The van der Waals surface area contributed by atoms with Gasteiger partial charge in [0.1, 0.15) is 0 Å². The topological polar surface area (TPSA) is 30.2 Å². The average Bonchev–Trinajstić information content (AvgIpc) is 2.74. The van der Waals surface area contributed by atoms with Crippen LogP contribution in [0, 0.1) is 6.92 Å². The molecule has 0 unspecified atom stereocenters. The Balaban J connectivity index is 1.99. The van der Waals surface area contributed by atoms with Crippen LogP contribution < -0.4 is 0 Å². The highest BCUT2D eigenvalue weighted by Gasteiger charge is 2.02. The molecule has 0 saturated heterocycles. The number of rotatable bonds is 4. The molecule has 0 fully saturated rings. The number of benzene rings is 1. The summed E-state index contributed by atoms with van der Waals surface area (Å²) in [4.78, 5) is 10.4. The Kier molecular flexibility index (Phi) is 3.47. The van der Waals surface area contributed by atoms with Crippen molar-refractivity contribution in [2.24, 2.45) is 0 Å². The fourth-order valence-electron chi connectivity index (χ4n) is 1.43. The highest BCUT2D eigenvalue weighted by atomic mass is 32.2. The summed E-state index contributed by atoms with van der Waals surface area (Å²) in [6.07, 6.45) is 0.719. The second kappa shape index (κ2) is 5.03. The van der Waals surface area contributed by atoms with E-state index in [1.54, 1.807) is 17.8 Å². The van der Waals surface area contributed by atoms with E-state index in [2.05, 4.69) is 25.1 Å². The van der Waals surface area contributed by atoms with Crippen molar-refractivity contribution in [2.75, 3.05) is 0 Å². The van der Waals surface area contributed by atoms with Crippen molar-refractivity contribution in [3.63, 3.8) is 0 Å². The van der Waals surface area contributed by atoms with E-state index in [9.17, 15) is 4.79 Å². The molecule has 1 aromatic heterocycles. The summed E-state index contributed by atoms with van der Waals surface area (Å²) in [6.45, 7) is 2.07. The number of carbonyl (C=O) groups is 1. The van der Waals surface area contributed by atoms with Crippen LogP contribution in [-0.2, 0) is 5.75 Å². The van der Waals surface area contributed by atoms with Gasteiger partial charge in [-0.05, 0) is 24.6 Å². The van der Waals surface area contributed by atoms with Crippen molar-refractivity contribution in [3.8, 4) is 0 Å². The molecule has 0 aliphatic carbocycles. The lowest BCUT2D eigenvalue weighted by Crippen LogP contribution is -1.80. The highest BCUT2D eigenvalue weighted by Crippen LogP contribution is 2.24. The molecule has 2 nitrogen and oxygen atoms in total. The predicted molar refractivity (Wildman–Crippen MR) is 64.8 cm³/mol. The van der Waals surface area contributed by atoms with E-state index in [0.717, 1.165) is 17.1 Å². The maximum Gasteiger partial charge on any atom is 0.185 e. The van der Waals surface area contributed by atoms with Crippen molar-refractivity contribution in [3.05, 3.63) is 53.3 Å². The Hall–Kier alpha value is -1.48. The molecule has 82 valence electrons. The minimum Gasteiger partial charge on any atom is -0.447 e. The van der Waals surface area contributed by atoms with Gasteiger partial charge in [-0.25, -0.2) is 0 Å². The SMILES string of the molecule is Cc1cccc(CSc2ccc(C=O)o2)c1. The molecule has 1 aromatic carbocycles. The van der Waals surface area contributed by atoms with Crippen LogP contribution in [0.2, 0.25) is 0 Å². The molecule has 0 aliphatic rings. The number of thioether (sulfide) groups is 1. The van der Waals surface area contributed by atoms with Crippen molar-refractivity contribution < 1.29 is 9.21 Å². The molecule has 2 aromatic rings. The van der Waals surface area contributed by atoms with Gasteiger partial charge in [0.25, 0.3) is 0 Å². The maximum atomic E-state index is 10.4. The first-order valence-corrected chi connectivity index (χ1v) is 6.00. The standard InChI is InChI=1S/C13H12O2S/c1-10-3-2-4-11(7-10)9-16-13-6-5-12(8-14)15-13/h2-8H,9H2,1H3. The fourth-order valence-corrected chi connectivity index (χ4v) is 2.24. The number of furan rings is 1. The third-order valence-corrected chi connectivity index (χ3v) is 3.16. The molecule has 16 heavy (non-hydrogen) atoms. The van der Waals surface area contributed by atoms with Crippen molar-refractivity contribution in [1.29, 1.82) is 0 Å². The van der Waals surface area contributed by atoms with E-state index in [1.807, 2.05) is 12.1 Å². The smallest absolute Gasteiger partial charge is 0.185 e. The lowest BCUT2D eigenvalue weighted by atomic mass is 10.2. The second-order valence-corrected chi connectivity index (χ2v) is 4.53. The van der Waals surface area contributed by atoms with Crippen LogP contribution in [0.5, 0.6) is 0 Å². The Labute approximate surface area is 98.7 Å². The third kappa shape index (κ3) is 2.76. The Morgan fingerprint density at radius 3 is 2.88 bits per heavy atom.